The number of ether oxygens (including phenoxy) is 1. The van der Waals surface area contributed by atoms with Crippen LogP contribution in [0.15, 0.2) is 11.3 Å². The lowest BCUT2D eigenvalue weighted by Crippen LogP contribution is -2.72. The van der Waals surface area contributed by atoms with Crippen LogP contribution in [0.25, 0.3) is 0 Å². The zero-order valence-electron chi connectivity index (χ0n) is 16.0. The van der Waals surface area contributed by atoms with Crippen LogP contribution in [0.5, 0.6) is 0 Å². The van der Waals surface area contributed by atoms with Crippen molar-refractivity contribution in [3.8, 4) is 12.3 Å². The second kappa shape index (κ2) is 6.35. The molecule has 0 spiro atoms. The number of carboxylic acid groups (broad SMARTS) is 1. The van der Waals surface area contributed by atoms with Gasteiger partial charge in [-0.25, -0.2) is 9.59 Å². The average molecular weight is 362 g/mol. The molecule has 2 aliphatic heterocycles. The largest absolute Gasteiger partial charge is 0.477 e. The Morgan fingerprint density at radius 2 is 1.85 bits per heavy atom. The van der Waals surface area contributed by atoms with Gasteiger partial charge >= 0.3 is 12.1 Å². The van der Waals surface area contributed by atoms with Crippen molar-refractivity contribution in [2.45, 2.75) is 65.6 Å². The molecule has 0 aromatic carbocycles. The molecule has 0 aliphatic carbocycles. The van der Waals surface area contributed by atoms with Crippen LogP contribution in [-0.2, 0) is 14.3 Å². The lowest BCUT2D eigenvalue weighted by molar-refractivity contribution is -0.155. The fourth-order valence-corrected chi connectivity index (χ4v) is 3.48. The number of carbonyl (C=O) groups is 3. The fourth-order valence-electron chi connectivity index (χ4n) is 3.48. The summed E-state index contributed by atoms with van der Waals surface area (Å²) in [5.74, 6) is 0.542. The van der Waals surface area contributed by atoms with Crippen molar-refractivity contribution < 1.29 is 24.2 Å². The van der Waals surface area contributed by atoms with Crippen molar-refractivity contribution >= 4 is 18.0 Å². The Morgan fingerprint density at radius 1 is 1.27 bits per heavy atom. The average Bonchev–Trinajstić information content (AvgIpc) is 2.47. The molecule has 7 heteroatoms. The molecule has 26 heavy (non-hydrogen) atoms. The highest BCUT2D eigenvalue weighted by molar-refractivity contribution is 6.01. The highest BCUT2D eigenvalue weighted by Crippen LogP contribution is 2.46. The minimum absolute atomic E-state index is 0.157. The van der Waals surface area contributed by atoms with Gasteiger partial charge in [-0.1, -0.05) is 26.7 Å². The molecule has 0 aromatic heterocycles. The van der Waals surface area contributed by atoms with Gasteiger partial charge in [-0.15, -0.1) is 6.42 Å². The number of amides is 2. The minimum Gasteiger partial charge on any atom is -0.477 e. The van der Waals surface area contributed by atoms with E-state index in [1.165, 1.54) is 4.90 Å². The molecule has 2 amide bonds. The number of alkyl carbamates (subject to hydrolysis) is 1. The number of terminal acetylenes is 1. The van der Waals surface area contributed by atoms with Gasteiger partial charge in [0, 0.05) is 11.5 Å². The number of rotatable bonds is 2. The second-order valence-corrected chi connectivity index (χ2v) is 8.77. The quantitative estimate of drug-likeness (QED) is 0.579. The fraction of sp³-hybridized carbons (Fsp3) is 0.632. The van der Waals surface area contributed by atoms with Gasteiger partial charge in [-0.3, -0.25) is 9.69 Å². The normalized spacial score (nSPS) is 25.8. The molecular weight excluding hydrogens is 336 g/mol. The SMILES string of the molecule is C#CC1=C(C(=O)O)N2C(=O)[C@@H](NC(=O)OC(C)(C)C)[C@H]2CC1C(C)(C)C. The summed E-state index contributed by atoms with van der Waals surface area (Å²) in [6.07, 6.45) is 5.36. The van der Waals surface area contributed by atoms with Gasteiger partial charge in [0.1, 0.15) is 17.3 Å². The number of hydrogen-bond acceptors (Lipinski definition) is 4. The molecule has 1 fully saturated rings. The summed E-state index contributed by atoms with van der Waals surface area (Å²) in [6.45, 7) is 11.1. The maximum atomic E-state index is 12.5. The Morgan fingerprint density at radius 3 is 2.27 bits per heavy atom. The van der Waals surface area contributed by atoms with E-state index in [4.69, 9.17) is 11.2 Å². The van der Waals surface area contributed by atoms with Gasteiger partial charge in [-0.05, 0) is 32.6 Å². The third-order valence-corrected chi connectivity index (χ3v) is 4.62. The molecule has 0 radical (unpaired) electrons. The van der Waals surface area contributed by atoms with E-state index in [1.807, 2.05) is 20.8 Å². The molecule has 3 atom stereocenters. The summed E-state index contributed by atoms with van der Waals surface area (Å²) in [4.78, 5) is 37.5. The van der Waals surface area contributed by atoms with Gasteiger partial charge in [0.05, 0.1) is 6.04 Å². The van der Waals surface area contributed by atoms with Crippen molar-refractivity contribution in [2.75, 3.05) is 0 Å². The van der Waals surface area contributed by atoms with Gasteiger partial charge in [-0.2, -0.15) is 0 Å². The summed E-state index contributed by atoms with van der Waals surface area (Å²) >= 11 is 0. The zero-order chi connectivity index (χ0) is 20.0. The number of carboxylic acids is 1. The molecule has 1 saturated heterocycles. The van der Waals surface area contributed by atoms with E-state index in [2.05, 4.69) is 11.2 Å². The highest BCUT2D eigenvalue weighted by atomic mass is 16.6. The summed E-state index contributed by atoms with van der Waals surface area (Å²) in [7, 11) is 0. The van der Waals surface area contributed by atoms with E-state index in [-0.39, 0.29) is 17.0 Å². The Bertz CT molecular complexity index is 718. The Balaban J connectivity index is 2.34. The van der Waals surface area contributed by atoms with E-state index in [1.54, 1.807) is 20.8 Å². The summed E-state index contributed by atoms with van der Waals surface area (Å²) < 4.78 is 5.20. The third-order valence-electron chi connectivity index (χ3n) is 4.62. The predicted molar refractivity (Wildman–Crippen MR) is 94.8 cm³/mol. The Kier molecular flexibility index (Phi) is 4.84. The van der Waals surface area contributed by atoms with Gasteiger partial charge < -0.3 is 15.2 Å². The standard InChI is InChI=1S/C19H26N2O5/c1-8-10-11(18(2,3)4)9-12-13(20-17(25)26-19(5,6)7)15(22)21(12)14(10)16(23)24/h1,11-13H,9H2,2-7H3,(H,20,25)(H,23,24)/t11?,12-,13+/m1/s1. The van der Waals surface area contributed by atoms with E-state index >= 15 is 0 Å². The van der Waals surface area contributed by atoms with E-state index in [9.17, 15) is 19.5 Å². The molecule has 2 N–H and O–H groups in total. The molecule has 2 aliphatic rings. The van der Waals surface area contributed by atoms with Crippen LogP contribution < -0.4 is 5.32 Å². The first-order chi connectivity index (χ1) is 11.8. The number of aliphatic carboxylic acids is 1. The van der Waals surface area contributed by atoms with Gasteiger partial charge in [0.15, 0.2) is 0 Å². The third kappa shape index (κ3) is 3.55. The first kappa shape index (κ1) is 19.8. The first-order valence-corrected chi connectivity index (χ1v) is 8.54. The smallest absolute Gasteiger partial charge is 0.408 e. The number of nitrogens with one attached hydrogen (secondary N) is 1. The number of allylic oxidation sites excluding steroid dienone is 1. The molecule has 2 rings (SSSR count). The monoisotopic (exact) mass is 362 g/mol. The van der Waals surface area contributed by atoms with Gasteiger partial charge in [0.2, 0.25) is 0 Å². The molecule has 0 aromatic rings. The maximum Gasteiger partial charge on any atom is 0.408 e. The zero-order valence-corrected chi connectivity index (χ0v) is 16.0. The van der Waals surface area contributed by atoms with Gasteiger partial charge in [0.25, 0.3) is 5.91 Å². The van der Waals surface area contributed by atoms with E-state index < -0.39 is 35.7 Å². The topological polar surface area (TPSA) is 95.9 Å². The molecule has 1 unspecified atom stereocenters. The lowest BCUT2D eigenvalue weighted by Gasteiger charge is -2.53. The molecule has 142 valence electrons. The lowest BCUT2D eigenvalue weighted by atomic mass is 9.67. The van der Waals surface area contributed by atoms with E-state index in [0.717, 1.165) is 0 Å². The van der Waals surface area contributed by atoms with Crippen LogP contribution in [0.1, 0.15) is 48.0 Å². The van der Waals surface area contributed by atoms with Crippen LogP contribution >= 0.6 is 0 Å². The van der Waals surface area contributed by atoms with Crippen molar-refractivity contribution in [1.29, 1.82) is 0 Å². The Labute approximate surface area is 153 Å². The highest BCUT2D eigenvalue weighted by Gasteiger charge is 2.57. The Hall–Kier alpha value is -2.49. The molecular formula is C19H26N2O5. The number of β-lactam (4-membered cyclic amide) rings is 1. The number of nitrogens with zero attached hydrogens (tertiary/aromatic N) is 1. The summed E-state index contributed by atoms with van der Waals surface area (Å²) in [6, 6.07) is -1.27. The van der Waals surface area contributed by atoms with Crippen LogP contribution in [0, 0.1) is 23.7 Å². The van der Waals surface area contributed by atoms with Crippen molar-refractivity contribution in [3.05, 3.63) is 11.3 Å². The second-order valence-electron chi connectivity index (χ2n) is 8.77. The van der Waals surface area contributed by atoms with Crippen molar-refractivity contribution in [1.82, 2.24) is 10.2 Å². The van der Waals surface area contributed by atoms with Crippen LogP contribution in [0.2, 0.25) is 0 Å². The van der Waals surface area contributed by atoms with Crippen LogP contribution in [-0.4, -0.2) is 45.7 Å². The molecule has 0 bridgehead atoms. The molecule has 2 heterocycles. The van der Waals surface area contributed by atoms with Crippen molar-refractivity contribution in [2.24, 2.45) is 11.3 Å². The van der Waals surface area contributed by atoms with E-state index in [0.29, 0.717) is 12.0 Å². The summed E-state index contributed by atoms with van der Waals surface area (Å²) in [5, 5.41) is 12.2. The number of hydrogen-bond donors (Lipinski definition) is 2. The maximum absolute atomic E-state index is 12.5. The number of fused-ring (bicyclic) bond motifs is 1. The molecule has 7 nitrogen and oxygen atoms in total. The molecule has 0 saturated carbocycles. The predicted octanol–water partition coefficient (Wildman–Crippen LogP) is 2.13. The van der Waals surface area contributed by atoms with Crippen molar-refractivity contribution in [3.63, 3.8) is 0 Å². The van der Waals surface area contributed by atoms with Crippen LogP contribution in [0.4, 0.5) is 4.79 Å². The minimum atomic E-state index is -1.24. The van der Waals surface area contributed by atoms with Crippen LogP contribution in [0.3, 0.4) is 0 Å². The first-order valence-electron chi connectivity index (χ1n) is 8.54. The number of carbonyl (C=O) groups excluding carboxylic acids is 2. The summed E-state index contributed by atoms with van der Waals surface area (Å²) in [5.41, 5.74) is -0.815.